The summed E-state index contributed by atoms with van der Waals surface area (Å²) in [7, 11) is 0. The highest BCUT2D eigenvalue weighted by Crippen LogP contribution is 1.99. The van der Waals surface area contributed by atoms with Gasteiger partial charge in [0, 0.05) is 19.3 Å². The molecular formula is C8H12N6OS. The number of nitrogens with zero attached hydrogens (tertiary/aromatic N) is 2. The molecule has 0 aromatic carbocycles. The molecule has 0 saturated heterocycles. The van der Waals surface area contributed by atoms with E-state index in [-0.39, 0.29) is 4.99 Å². The van der Waals surface area contributed by atoms with Crippen molar-refractivity contribution in [2.45, 2.75) is 0 Å². The highest BCUT2D eigenvalue weighted by molar-refractivity contribution is 7.80. The molecule has 2 amide bonds. The van der Waals surface area contributed by atoms with Gasteiger partial charge in [0.2, 0.25) is 5.95 Å². The normalized spacial score (nSPS) is 9.50. The fraction of sp³-hybridized carbons (Fsp3) is 0.250. The van der Waals surface area contributed by atoms with Crippen LogP contribution in [-0.4, -0.2) is 34.1 Å². The average Bonchev–Trinajstić information content (AvgIpc) is 2.24. The van der Waals surface area contributed by atoms with Crippen LogP contribution in [0.15, 0.2) is 12.3 Å². The molecule has 6 N–H and O–H groups in total. The van der Waals surface area contributed by atoms with E-state index in [0.717, 1.165) is 0 Å². The molecule has 0 saturated carbocycles. The Balaban J connectivity index is 2.45. The maximum Gasteiger partial charge on any atom is 0.312 e. The van der Waals surface area contributed by atoms with Crippen LogP contribution in [0.25, 0.3) is 0 Å². The number of hydrogen-bond donors (Lipinski definition) is 4. The third-order valence-electron chi connectivity index (χ3n) is 1.62. The summed E-state index contributed by atoms with van der Waals surface area (Å²) in [6.45, 7) is 0.847. The molecule has 16 heavy (non-hydrogen) atoms. The summed E-state index contributed by atoms with van der Waals surface area (Å²) in [6, 6.07) is 1.05. The minimum Gasteiger partial charge on any atom is -0.388 e. The number of carbonyl (C=O) groups is 1. The van der Waals surface area contributed by atoms with Gasteiger partial charge in [-0.25, -0.2) is 14.8 Å². The highest BCUT2D eigenvalue weighted by Gasteiger charge is 2.00. The van der Waals surface area contributed by atoms with Gasteiger partial charge in [0.05, 0.1) is 0 Å². The van der Waals surface area contributed by atoms with Crippen LogP contribution in [0.5, 0.6) is 0 Å². The standard InChI is InChI=1S/C8H12N6OS/c9-6(16)5-1-2-12-8(14-5)13-4-3-11-7(10)15/h1-2H,3-4H2,(H2,9,16)(H3,10,11,15)(H,12,13,14). The molecule has 0 bridgehead atoms. The zero-order chi connectivity index (χ0) is 12.0. The van der Waals surface area contributed by atoms with Crippen LogP contribution >= 0.6 is 12.2 Å². The van der Waals surface area contributed by atoms with Gasteiger partial charge in [-0.1, -0.05) is 12.2 Å². The molecule has 1 aromatic heterocycles. The number of urea groups is 1. The van der Waals surface area contributed by atoms with Gasteiger partial charge in [0.1, 0.15) is 10.7 Å². The van der Waals surface area contributed by atoms with E-state index in [4.69, 9.17) is 23.7 Å². The molecule has 0 spiro atoms. The third kappa shape index (κ3) is 4.05. The minimum absolute atomic E-state index is 0.209. The Morgan fingerprint density at radius 2 is 2.19 bits per heavy atom. The maximum atomic E-state index is 10.4. The van der Waals surface area contributed by atoms with Gasteiger partial charge in [-0.2, -0.15) is 0 Å². The van der Waals surface area contributed by atoms with Crippen LogP contribution in [0, 0.1) is 0 Å². The van der Waals surface area contributed by atoms with E-state index in [0.29, 0.717) is 24.7 Å². The molecule has 1 rings (SSSR count). The first-order valence-corrected chi connectivity index (χ1v) is 4.90. The van der Waals surface area contributed by atoms with Crippen LogP contribution in [0.4, 0.5) is 10.7 Å². The lowest BCUT2D eigenvalue weighted by Gasteiger charge is -2.05. The van der Waals surface area contributed by atoms with Crippen molar-refractivity contribution in [3.05, 3.63) is 18.0 Å². The summed E-state index contributed by atoms with van der Waals surface area (Å²) in [5.74, 6) is 0.400. The number of rotatable bonds is 5. The van der Waals surface area contributed by atoms with E-state index in [9.17, 15) is 4.79 Å². The lowest BCUT2D eigenvalue weighted by Crippen LogP contribution is -2.33. The van der Waals surface area contributed by atoms with Gasteiger partial charge in [0.15, 0.2) is 0 Å². The number of hydrogen-bond acceptors (Lipinski definition) is 5. The van der Waals surface area contributed by atoms with Crippen LogP contribution in [0.2, 0.25) is 0 Å². The molecule has 7 nitrogen and oxygen atoms in total. The van der Waals surface area contributed by atoms with Gasteiger partial charge in [0.25, 0.3) is 0 Å². The summed E-state index contributed by atoms with van der Waals surface area (Å²) in [5, 5.41) is 5.31. The van der Waals surface area contributed by atoms with Gasteiger partial charge in [-0.15, -0.1) is 0 Å². The van der Waals surface area contributed by atoms with Crippen molar-refractivity contribution in [2.75, 3.05) is 18.4 Å². The van der Waals surface area contributed by atoms with Crippen molar-refractivity contribution in [3.63, 3.8) is 0 Å². The average molecular weight is 240 g/mol. The van der Waals surface area contributed by atoms with Gasteiger partial charge < -0.3 is 22.1 Å². The van der Waals surface area contributed by atoms with Crippen LogP contribution in [0.1, 0.15) is 5.69 Å². The van der Waals surface area contributed by atoms with Gasteiger partial charge >= 0.3 is 6.03 Å². The Morgan fingerprint density at radius 1 is 1.44 bits per heavy atom. The Kier molecular flexibility index (Phi) is 4.40. The Hall–Kier alpha value is -1.96. The second kappa shape index (κ2) is 5.81. The molecule has 0 radical (unpaired) electrons. The number of amides is 2. The molecular weight excluding hydrogens is 228 g/mol. The Morgan fingerprint density at radius 3 is 2.81 bits per heavy atom. The van der Waals surface area contributed by atoms with Crippen molar-refractivity contribution < 1.29 is 4.79 Å². The van der Waals surface area contributed by atoms with E-state index in [2.05, 4.69) is 20.6 Å². The van der Waals surface area contributed by atoms with E-state index in [1.54, 1.807) is 12.3 Å². The summed E-state index contributed by atoms with van der Waals surface area (Å²) in [5.41, 5.74) is 10.8. The lowest BCUT2D eigenvalue weighted by molar-refractivity contribution is 0.249. The number of anilines is 1. The number of nitrogens with one attached hydrogen (secondary N) is 2. The summed E-state index contributed by atoms with van der Waals surface area (Å²) < 4.78 is 0. The Bertz CT molecular complexity index is 396. The molecule has 0 aliphatic heterocycles. The third-order valence-corrected chi connectivity index (χ3v) is 1.82. The number of aromatic nitrogens is 2. The molecule has 86 valence electrons. The number of thiocarbonyl (C=S) groups is 1. The fourth-order valence-electron chi connectivity index (χ4n) is 0.941. The monoisotopic (exact) mass is 240 g/mol. The first-order valence-electron chi connectivity index (χ1n) is 4.49. The molecule has 0 unspecified atom stereocenters. The molecule has 0 atom stereocenters. The molecule has 1 aromatic rings. The smallest absolute Gasteiger partial charge is 0.312 e. The lowest BCUT2D eigenvalue weighted by atomic mass is 10.4. The first-order chi connectivity index (χ1) is 7.59. The van der Waals surface area contributed by atoms with Crippen LogP contribution < -0.4 is 22.1 Å². The largest absolute Gasteiger partial charge is 0.388 e. The molecule has 0 aliphatic carbocycles. The van der Waals surface area contributed by atoms with Crippen LogP contribution in [0.3, 0.4) is 0 Å². The predicted molar refractivity (Wildman–Crippen MR) is 64.0 cm³/mol. The van der Waals surface area contributed by atoms with E-state index in [1.807, 2.05) is 0 Å². The van der Waals surface area contributed by atoms with Crippen molar-refractivity contribution in [3.8, 4) is 0 Å². The quantitative estimate of drug-likeness (QED) is 0.395. The predicted octanol–water partition coefficient (Wildman–Crippen LogP) is -0.809. The zero-order valence-electron chi connectivity index (χ0n) is 8.43. The number of nitrogens with two attached hydrogens (primary N) is 2. The van der Waals surface area contributed by atoms with Gasteiger partial charge in [-0.3, -0.25) is 0 Å². The van der Waals surface area contributed by atoms with Crippen LogP contribution in [-0.2, 0) is 0 Å². The van der Waals surface area contributed by atoms with Crippen molar-refractivity contribution in [2.24, 2.45) is 11.5 Å². The maximum absolute atomic E-state index is 10.4. The summed E-state index contributed by atoms with van der Waals surface area (Å²) >= 11 is 4.78. The SMILES string of the molecule is NC(=O)NCCNc1nccc(C(N)=S)n1. The summed E-state index contributed by atoms with van der Waals surface area (Å²) in [4.78, 5) is 18.6. The van der Waals surface area contributed by atoms with Crippen molar-refractivity contribution in [1.29, 1.82) is 0 Å². The molecule has 1 heterocycles. The van der Waals surface area contributed by atoms with E-state index in [1.165, 1.54) is 0 Å². The van der Waals surface area contributed by atoms with Crippen molar-refractivity contribution >= 4 is 29.2 Å². The fourth-order valence-corrected chi connectivity index (χ4v) is 1.05. The topological polar surface area (TPSA) is 119 Å². The molecule has 0 aliphatic rings. The summed E-state index contributed by atoms with van der Waals surface area (Å²) in [6.07, 6.45) is 1.55. The minimum atomic E-state index is -0.570. The number of primary amides is 1. The second-order valence-corrected chi connectivity index (χ2v) is 3.29. The van der Waals surface area contributed by atoms with Gasteiger partial charge in [-0.05, 0) is 6.07 Å². The molecule has 8 heteroatoms. The highest BCUT2D eigenvalue weighted by atomic mass is 32.1. The number of carbonyl (C=O) groups excluding carboxylic acids is 1. The second-order valence-electron chi connectivity index (χ2n) is 2.85. The van der Waals surface area contributed by atoms with E-state index < -0.39 is 6.03 Å². The van der Waals surface area contributed by atoms with E-state index >= 15 is 0 Å². The first kappa shape index (κ1) is 12.1. The molecule has 0 fully saturated rings. The Labute approximate surface area is 97.6 Å². The van der Waals surface area contributed by atoms with Crippen molar-refractivity contribution in [1.82, 2.24) is 15.3 Å². The zero-order valence-corrected chi connectivity index (χ0v) is 9.25.